The van der Waals surface area contributed by atoms with Crippen molar-refractivity contribution in [1.29, 1.82) is 0 Å². The fourth-order valence-electron chi connectivity index (χ4n) is 5.19. The van der Waals surface area contributed by atoms with Gasteiger partial charge in [0.25, 0.3) is 0 Å². The van der Waals surface area contributed by atoms with E-state index in [9.17, 15) is 9.50 Å². The molecule has 3 unspecified atom stereocenters. The first kappa shape index (κ1) is 23.0. The normalized spacial score (nSPS) is 28.3. The molecule has 3 N–H and O–H groups in total. The molecule has 3 aromatic rings. The van der Waals surface area contributed by atoms with Gasteiger partial charge in [0.05, 0.1) is 24.2 Å². The average Bonchev–Trinajstić information content (AvgIpc) is 3.56. The Bertz CT molecular complexity index is 1250. The topological polar surface area (TPSA) is 88.6 Å². The first-order valence-electron chi connectivity index (χ1n) is 11.9. The van der Waals surface area contributed by atoms with Crippen molar-refractivity contribution in [3.05, 3.63) is 53.9 Å². The van der Waals surface area contributed by atoms with Crippen LogP contribution in [0.15, 0.2) is 42.5 Å². The number of nitrogens with one attached hydrogen (secondary N) is 2. The van der Waals surface area contributed by atoms with E-state index in [-0.39, 0.29) is 24.9 Å². The van der Waals surface area contributed by atoms with E-state index in [1.165, 1.54) is 17.2 Å². The number of aromatic amines is 1. The van der Waals surface area contributed by atoms with Crippen LogP contribution in [-0.4, -0.2) is 65.0 Å². The van der Waals surface area contributed by atoms with Crippen LogP contribution >= 0.6 is 11.9 Å². The lowest BCUT2D eigenvalue weighted by atomic mass is 9.90. The van der Waals surface area contributed by atoms with Crippen LogP contribution in [0, 0.1) is 5.82 Å². The molecule has 1 aliphatic carbocycles. The van der Waals surface area contributed by atoms with Crippen molar-refractivity contribution in [3.63, 3.8) is 0 Å². The number of aliphatic hydroxyl groups excluding tert-OH is 1. The predicted octanol–water partition coefficient (Wildman–Crippen LogP) is 4.08. The third-order valence-corrected chi connectivity index (χ3v) is 7.58. The van der Waals surface area contributed by atoms with Crippen molar-refractivity contribution in [2.45, 2.75) is 49.7 Å². The van der Waals surface area contributed by atoms with E-state index in [1.807, 2.05) is 24.3 Å². The highest BCUT2D eigenvalue weighted by Crippen LogP contribution is 2.33. The molecule has 5 atom stereocenters. The monoisotopic (exact) mass is 497 g/mol. The molecule has 6 rings (SSSR count). The summed E-state index contributed by atoms with van der Waals surface area (Å²) in [5.74, 6) is 0.0742. The third-order valence-electron chi connectivity index (χ3n) is 7.02. The summed E-state index contributed by atoms with van der Waals surface area (Å²) in [5, 5.41) is 9.92. The zero-order chi connectivity index (χ0) is 23.9. The number of hydrogen-bond donors (Lipinski definition) is 3. The van der Waals surface area contributed by atoms with E-state index in [0.717, 1.165) is 24.8 Å². The fraction of sp³-hybridized carbons (Fsp3) is 0.423. The number of halogens is 1. The second kappa shape index (κ2) is 9.55. The Hall–Kier alpha value is -2.43. The summed E-state index contributed by atoms with van der Waals surface area (Å²) in [4.78, 5) is 7.66. The van der Waals surface area contributed by atoms with Gasteiger partial charge in [-0.05, 0) is 36.7 Å². The predicted molar refractivity (Wildman–Crippen MR) is 134 cm³/mol. The molecule has 1 aromatic carbocycles. The quantitative estimate of drug-likeness (QED) is 0.442. The molecule has 0 radical (unpaired) electrons. The summed E-state index contributed by atoms with van der Waals surface area (Å²) in [6.45, 7) is 0.566. The van der Waals surface area contributed by atoms with E-state index in [1.54, 1.807) is 18.0 Å². The van der Waals surface area contributed by atoms with Gasteiger partial charge < -0.3 is 24.3 Å². The van der Waals surface area contributed by atoms with Gasteiger partial charge in [-0.2, -0.15) is 0 Å². The number of allylic oxidation sites excluding steroid dienone is 1. The largest absolute Gasteiger partial charge is 0.470 e. The van der Waals surface area contributed by atoms with Crippen LogP contribution in [0.4, 0.5) is 4.39 Å². The lowest BCUT2D eigenvalue weighted by molar-refractivity contribution is 0.00794. The summed E-state index contributed by atoms with van der Waals surface area (Å²) >= 11 is 1.67. The maximum absolute atomic E-state index is 15.0. The molecule has 0 saturated carbocycles. The molecule has 2 fully saturated rings. The molecule has 2 aromatic heterocycles. The Morgan fingerprint density at radius 2 is 1.94 bits per heavy atom. The smallest absolute Gasteiger partial charge is 0.193 e. The number of fused-ring (bicyclic) bond motifs is 2. The van der Waals surface area contributed by atoms with Gasteiger partial charge in [-0.25, -0.2) is 9.37 Å². The van der Waals surface area contributed by atoms with Gasteiger partial charge in [0.2, 0.25) is 0 Å². The van der Waals surface area contributed by atoms with Crippen molar-refractivity contribution in [3.8, 4) is 17.1 Å². The molecule has 0 amide bonds. The molecule has 35 heavy (non-hydrogen) atoms. The lowest BCUT2D eigenvalue weighted by Gasteiger charge is -2.22. The van der Waals surface area contributed by atoms with Crippen LogP contribution in [0.5, 0.6) is 5.88 Å². The Morgan fingerprint density at radius 1 is 1.14 bits per heavy atom. The first-order chi connectivity index (χ1) is 17.1. The van der Waals surface area contributed by atoms with Gasteiger partial charge in [-0.3, -0.25) is 4.72 Å². The molecule has 184 valence electrons. The number of nitrogens with zero attached hydrogens (tertiary/aromatic N) is 1. The van der Waals surface area contributed by atoms with Crippen molar-refractivity contribution in [2.24, 2.45) is 0 Å². The minimum atomic E-state index is -0.635. The molecule has 2 aliphatic heterocycles. The second-order valence-electron chi connectivity index (χ2n) is 9.30. The summed E-state index contributed by atoms with van der Waals surface area (Å²) in [6, 6.07) is 11.7. The summed E-state index contributed by atoms with van der Waals surface area (Å²) in [5.41, 5.74) is 4.72. The van der Waals surface area contributed by atoms with Crippen LogP contribution in [0.3, 0.4) is 0 Å². The molecule has 2 saturated heterocycles. The van der Waals surface area contributed by atoms with Crippen molar-refractivity contribution in [1.82, 2.24) is 14.7 Å². The number of rotatable bonds is 6. The molecule has 4 heterocycles. The molecule has 0 spiro atoms. The molecule has 3 aliphatic rings. The van der Waals surface area contributed by atoms with Crippen LogP contribution in [0.2, 0.25) is 0 Å². The second-order valence-corrected chi connectivity index (χ2v) is 9.95. The van der Waals surface area contributed by atoms with Crippen molar-refractivity contribution in [2.75, 3.05) is 19.5 Å². The number of aliphatic hydroxyl groups is 1. The van der Waals surface area contributed by atoms with E-state index in [2.05, 4.69) is 27.0 Å². The number of ether oxygens (including phenoxy) is 3. The zero-order valence-electron chi connectivity index (χ0n) is 19.4. The van der Waals surface area contributed by atoms with Gasteiger partial charge in [0, 0.05) is 23.7 Å². The highest BCUT2D eigenvalue weighted by Gasteiger charge is 2.48. The van der Waals surface area contributed by atoms with E-state index in [0.29, 0.717) is 35.3 Å². The first-order valence-corrected chi connectivity index (χ1v) is 13.2. The molecule has 9 heteroatoms. The Morgan fingerprint density at radius 3 is 2.71 bits per heavy atom. The van der Waals surface area contributed by atoms with Gasteiger partial charge in [-0.1, -0.05) is 42.3 Å². The van der Waals surface area contributed by atoms with Crippen molar-refractivity contribution < 1.29 is 23.7 Å². The highest BCUT2D eigenvalue weighted by atomic mass is 32.2. The van der Waals surface area contributed by atoms with E-state index >= 15 is 0 Å². The maximum atomic E-state index is 15.0. The van der Waals surface area contributed by atoms with Gasteiger partial charge in [0.1, 0.15) is 24.0 Å². The number of aromatic nitrogens is 2. The van der Waals surface area contributed by atoms with Crippen LogP contribution < -0.4 is 9.46 Å². The lowest BCUT2D eigenvalue weighted by Crippen LogP contribution is -2.34. The van der Waals surface area contributed by atoms with Crippen molar-refractivity contribution >= 4 is 28.6 Å². The van der Waals surface area contributed by atoms with Crippen LogP contribution in [0.1, 0.15) is 24.8 Å². The highest BCUT2D eigenvalue weighted by molar-refractivity contribution is 7.96. The van der Waals surface area contributed by atoms with E-state index < -0.39 is 11.9 Å². The average molecular weight is 498 g/mol. The number of benzene rings is 1. The summed E-state index contributed by atoms with van der Waals surface area (Å²) in [7, 11) is 0. The van der Waals surface area contributed by atoms with Crippen LogP contribution in [-0.2, 0) is 9.47 Å². The molecular weight excluding hydrogens is 469 g/mol. The summed E-state index contributed by atoms with van der Waals surface area (Å²) < 4.78 is 35.7. The minimum Gasteiger partial charge on any atom is -0.470 e. The Kier molecular flexibility index (Phi) is 6.28. The zero-order valence-corrected chi connectivity index (χ0v) is 20.2. The van der Waals surface area contributed by atoms with Gasteiger partial charge in [-0.15, -0.1) is 0 Å². The Labute approximate surface area is 207 Å². The van der Waals surface area contributed by atoms with Crippen LogP contribution in [0.25, 0.3) is 27.9 Å². The fourth-order valence-corrected chi connectivity index (χ4v) is 5.74. The maximum Gasteiger partial charge on any atom is 0.193 e. The number of pyridine rings is 1. The third kappa shape index (κ3) is 4.47. The molecule has 0 bridgehead atoms. The SMILES string of the molecule is CSNC1CC=C(c2ccc(-c3nc4cc(O[C@@H]5COC6C5OC[C@H]6O)[nH]c4cc3F)cc2)CC1. The number of H-pyrrole nitrogens is 1. The molecular formula is C26H28FN3O4S. The Balaban J connectivity index is 1.19. The van der Waals surface area contributed by atoms with Gasteiger partial charge >= 0.3 is 0 Å². The van der Waals surface area contributed by atoms with E-state index in [4.69, 9.17) is 14.2 Å². The number of hydrogen-bond acceptors (Lipinski definition) is 7. The minimum absolute atomic E-state index is 0.240. The van der Waals surface area contributed by atoms with Gasteiger partial charge in [0.15, 0.2) is 17.8 Å². The molecule has 7 nitrogen and oxygen atoms in total. The summed E-state index contributed by atoms with van der Waals surface area (Å²) in [6.07, 6.45) is 5.85. The standard InChI is InChI=1S/C26H28FN3O4S/c1-35-30-17-8-6-15(7-9-17)14-2-4-16(5-3-14)24-18(27)10-19-20(29-24)11-23(28-19)34-22-13-33-25-21(31)12-32-26(22)25/h2-6,10-11,17,21-22,25-26,28,30-31H,7-9,12-13H2,1H3/t17?,21-,22-,25?,26?/m1/s1.